The van der Waals surface area contributed by atoms with Crippen molar-refractivity contribution in [3.63, 3.8) is 0 Å². The number of para-hydroxylation sites is 1. The lowest BCUT2D eigenvalue weighted by atomic mass is 9.98. The normalized spacial score (nSPS) is 18.9. The predicted octanol–water partition coefficient (Wildman–Crippen LogP) is 4.68. The van der Waals surface area contributed by atoms with Gasteiger partial charge in [-0.3, -0.25) is 4.79 Å². The first-order chi connectivity index (χ1) is 18.9. The maximum atomic E-state index is 13.5. The third kappa shape index (κ3) is 6.17. The Morgan fingerprint density at radius 1 is 1.08 bits per heavy atom. The fourth-order valence-corrected chi connectivity index (χ4v) is 5.90. The van der Waals surface area contributed by atoms with Crippen LogP contribution in [-0.4, -0.2) is 64.6 Å². The van der Waals surface area contributed by atoms with E-state index in [1.807, 2.05) is 53.4 Å². The molecular weight excluding hydrogens is 516 g/mol. The molecule has 9 heteroatoms. The van der Waals surface area contributed by atoms with E-state index in [2.05, 4.69) is 9.88 Å². The van der Waals surface area contributed by atoms with Crippen molar-refractivity contribution in [1.82, 2.24) is 14.9 Å². The molecule has 1 N–H and O–H groups in total. The van der Waals surface area contributed by atoms with Crippen molar-refractivity contribution in [3.05, 3.63) is 82.1 Å². The van der Waals surface area contributed by atoms with Crippen LogP contribution in [0.15, 0.2) is 54.7 Å². The van der Waals surface area contributed by atoms with Crippen molar-refractivity contribution in [2.45, 2.75) is 44.6 Å². The average molecular weight is 549 g/mol. The number of fused-ring (bicyclic) bond motifs is 1. The molecule has 0 bridgehead atoms. The molecule has 0 spiro atoms. The number of benzene rings is 2. The maximum Gasteiger partial charge on any atom is 0.339 e. The number of hydrogen-bond acceptors (Lipinski definition) is 6. The summed E-state index contributed by atoms with van der Waals surface area (Å²) in [6, 6.07) is 15.3. The number of nitrogens with zero attached hydrogens (tertiary/aromatic N) is 4. The second kappa shape index (κ2) is 12.0. The minimum absolute atomic E-state index is 0.0648. The monoisotopic (exact) mass is 548 g/mol. The highest BCUT2D eigenvalue weighted by molar-refractivity contribution is 6.30. The molecule has 1 amide bonds. The SMILES string of the molecule is COc1ccccc1CC(=O)N1CCCC[C@@H]2CN(c3ncc(C(=O)O)c(CCc4ccc(Cl)cc4)n3)C[C@@H]21. The lowest BCUT2D eigenvalue weighted by Crippen LogP contribution is -2.45. The molecule has 2 aliphatic rings. The first kappa shape index (κ1) is 26.9. The Balaban J connectivity index is 1.34. The van der Waals surface area contributed by atoms with Crippen LogP contribution < -0.4 is 9.64 Å². The second-order valence-electron chi connectivity index (χ2n) is 10.3. The van der Waals surface area contributed by atoms with Crippen LogP contribution in [0.1, 0.15) is 46.4 Å². The molecule has 39 heavy (non-hydrogen) atoms. The topological polar surface area (TPSA) is 95.9 Å². The van der Waals surface area contributed by atoms with Gasteiger partial charge in [0.1, 0.15) is 5.75 Å². The van der Waals surface area contributed by atoms with Crippen LogP contribution in [-0.2, 0) is 24.1 Å². The standard InChI is InChI=1S/C30H33ClN4O4/c1-39-27-8-3-2-6-21(27)16-28(36)35-15-5-4-7-22-18-34(19-26(22)35)30-32-17-24(29(37)38)25(33-30)14-11-20-9-12-23(31)13-10-20/h2-3,6,8-10,12-13,17,22,26H,4-5,7,11,14-16,18-19H2,1H3,(H,37,38)/t22-,26+/m1/s1. The third-order valence-corrected chi connectivity index (χ3v) is 8.07. The van der Waals surface area contributed by atoms with Crippen molar-refractivity contribution in [2.24, 2.45) is 5.92 Å². The highest BCUT2D eigenvalue weighted by Crippen LogP contribution is 2.33. The Labute approximate surface area is 233 Å². The van der Waals surface area contributed by atoms with Gasteiger partial charge in [-0.25, -0.2) is 14.8 Å². The lowest BCUT2D eigenvalue weighted by molar-refractivity contribution is -0.132. The highest BCUT2D eigenvalue weighted by atomic mass is 35.5. The zero-order chi connectivity index (χ0) is 27.4. The summed E-state index contributed by atoms with van der Waals surface area (Å²) in [5.74, 6) is 0.630. The Hall–Kier alpha value is -3.65. The first-order valence-corrected chi connectivity index (χ1v) is 13.8. The second-order valence-corrected chi connectivity index (χ2v) is 10.7. The average Bonchev–Trinajstić information content (AvgIpc) is 3.26. The van der Waals surface area contributed by atoms with E-state index in [4.69, 9.17) is 21.3 Å². The molecule has 3 aromatic rings. The number of halogens is 1. The van der Waals surface area contributed by atoms with E-state index in [1.165, 1.54) is 6.20 Å². The number of ether oxygens (including phenoxy) is 1. The van der Waals surface area contributed by atoms with E-state index in [1.54, 1.807) is 7.11 Å². The minimum atomic E-state index is -1.03. The molecule has 2 fully saturated rings. The van der Waals surface area contributed by atoms with Gasteiger partial charge in [-0.15, -0.1) is 0 Å². The van der Waals surface area contributed by atoms with Gasteiger partial charge >= 0.3 is 5.97 Å². The molecule has 1 aromatic heterocycles. The zero-order valence-electron chi connectivity index (χ0n) is 22.1. The molecular formula is C30H33ClN4O4. The van der Waals surface area contributed by atoms with Crippen LogP contribution in [0.3, 0.4) is 0 Å². The van der Waals surface area contributed by atoms with Crippen molar-refractivity contribution in [3.8, 4) is 5.75 Å². The summed E-state index contributed by atoms with van der Waals surface area (Å²) < 4.78 is 5.47. The molecule has 2 saturated heterocycles. The van der Waals surface area contributed by atoms with Gasteiger partial charge in [-0.2, -0.15) is 0 Å². The molecule has 5 rings (SSSR count). The van der Waals surface area contributed by atoms with Crippen LogP contribution in [0.4, 0.5) is 5.95 Å². The van der Waals surface area contributed by atoms with Crippen LogP contribution in [0.2, 0.25) is 5.02 Å². The summed E-state index contributed by atoms with van der Waals surface area (Å²) >= 11 is 6.00. The van der Waals surface area contributed by atoms with Gasteiger partial charge in [-0.05, 0) is 55.4 Å². The Kier molecular flexibility index (Phi) is 8.31. The molecule has 2 atom stereocenters. The molecule has 0 aliphatic carbocycles. The van der Waals surface area contributed by atoms with Crippen molar-refractivity contribution in [2.75, 3.05) is 31.6 Å². The first-order valence-electron chi connectivity index (χ1n) is 13.4. The summed E-state index contributed by atoms with van der Waals surface area (Å²) in [5.41, 5.74) is 2.58. The van der Waals surface area contributed by atoms with Gasteiger partial charge < -0.3 is 19.6 Å². The van der Waals surface area contributed by atoms with Crippen LogP contribution in [0.5, 0.6) is 5.75 Å². The van der Waals surface area contributed by atoms with Gasteiger partial charge in [0.05, 0.1) is 30.8 Å². The smallest absolute Gasteiger partial charge is 0.339 e. The van der Waals surface area contributed by atoms with E-state index < -0.39 is 5.97 Å². The fraction of sp³-hybridized carbons (Fsp3) is 0.400. The minimum Gasteiger partial charge on any atom is -0.496 e. The fourth-order valence-electron chi connectivity index (χ4n) is 5.77. The number of aromatic nitrogens is 2. The van der Waals surface area contributed by atoms with Gasteiger partial charge in [0.2, 0.25) is 11.9 Å². The molecule has 2 aromatic carbocycles. The molecule has 0 saturated carbocycles. The summed E-state index contributed by atoms with van der Waals surface area (Å²) in [6.45, 7) is 2.10. The number of hydrogen-bond donors (Lipinski definition) is 1. The zero-order valence-corrected chi connectivity index (χ0v) is 22.8. The number of rotatable bonds is 8. The number of carbonyl (C=O) groups is 2. The number of carboxylic acids is 1. The largest absolute Gasteiger partial charge is 0.496 e. The molecule has 0 radical (unpaired) electrons. The number of amides is 1. The predicted molar refractivity (Wildman–Crippen MR) is 150 cm³/mol. The number of likely N-dealkylation sites (tertiary alicyclic amines) is 1. The molecule has 3 heterocycles. The summed E-state index contributed by atoms with van der Waals surface area (Å²) in [7, 11) is 1.62. The molecule has 2 aliphatic heterocycles. The van der Waals surface area contributed by atoms with Gasteiger partial charge in [0.25, 0.3) is 0 Å². The third-order valence-electron chi connectivity index (χ3n) is 7.82. The molecule has 0 unspecified atom stereocenters. The lowest BCUT2D eigenvalue weighted by Gasteiger charge is -2.30. The Morgan fingerprint density at radius 3 is 2.64 bits per heavy atom. The Bertz CT molecular complexity index is 1330. The number of aryl methyl sites for hydroxylation is 2. The van der Waals surface area contributed by atoms with Crippen LogP contribution in [0.25, 0.3) is 0 Å². The van der Waals surface area contributed by atoms with E-state index >= 15 is 0 Å². The summed E-state index contributed by atoms with van der Waals surface area (Å²) in [6.07, 6.45) is 5.93. The quantitative estimate of drug-likeness (QED) is 0.436. The van der Waals surface area contributed by atoms with Crippen LogP contribution in [0, 0.1) is 5.92 Å². The highest BCUT2D eigenvalue weighted by Gasteiger charge is 2.40. The number of aromatic carboxylic acids is 1. The van der Waals surface area contributed by atoms with Gasteiger partial charge in [-0.1, -0.05) is 48.4 Å². The van der Waals surface area contributed by atoms with E-state index in [-0.39, 0.29) is 17.5 Å². The summed E-state index contributed by atoms with van der Waals surface area (Å²) in [5, 5.41) is 10.4. The maximum absolute atomic E-state index is 13.5. The van der Waals surface area contributed by atoms with E-state index in [9.17, 15) is 14.7 Å². The molecule has 8 nitrogen and oxygen atoms in total. The number of methoxy groups -OCH3 is 1. The van der Waals surface area contributed by atoms with Crippen molar-refractivity contribution < 1.29 is 19.4 Å². The number of anilines is 1. The van der Waals surface area contributed by atoms with Crippen molar-refractivity contribution >= 4 is 29.4 Å². The Morgan fingerprint density at radius 2 is 1.87 bits per heavy atom. The van der Waals surface area contributed by atoms with E-state index in [0.717, 1.165) is 49.2 Å². The van der Waals surface area contributed by atoms with Crippen LogP contribution >= 0.6 is 11.6 Å². The number of carboxylic acid groups (broad SMARTS) is 1. The van der Waals surface area contributed by atoms with E-state index in [0.29, 0.717) is 48.4 Å². The number of carbonyl (C=O) groups excluding carboxylic acids is 1. The molecule has 204 valence electrons. The van der Waals surface area contributed by atoms with Gasteiger partial charge in [0, 0.05) is 36.4 Å². The summed E-state index contributed by atoms with van der Waals surface area (Å²) in [4.78, 5) is 38.8. The van der Waals surface area contributed by atoms with Crippen molar-refractivity contribution in [1.29, 1.82) is 0 Å². The van der Waals surface area contributed by atoms with Gasteiger partial charge in [0.15, 0.2) is 0 Å².